The van der Waals surface area contributed by atoms with Crippen LogP contribution >= 0.6 is 0 Å². The third-order valence-electron chi connectivity index (χ3n) is 4.22. The Balaban J connectivity index is 1.62. The van der Waals surface area contributed by atoms with Crippen molar-refractivity contribution < 1.29 is 21.6 Å². The average molecular weight is 385 g/mol. The Labute approximate surface area is 146 Å². The molecule has 8 nitrogen and oxygen atoms in total. The predicted molar refractivity (Wildman–Crippen MR) is 92.6 cm³/mol. The molecule has 25 heavy (non-hydrogen) atoms. The lowest BCUT2D eigenvalue weighted by Gasteiger charge is -2.23. The topological polar surface area (TPSA) is 122 Å². The van der Waals surface area contributed by atoms with Crippen molar-refractivity contribution in [3.05, 3.63) is 29.8 Å². The minimum atomic E-state index is -3.59. The Kier molecular flexibility index (Phi) is 4.36. The quantitative estimate of drug-likeness (QED) is 0.744. The van der Waals surface area contributed by atoms with Gasteiger partial charge in [0, 0.05) is 12.0 Å². The molecule has 0 saturated carbocycles. The summed E-state index contributed by atoms with van der Waals surface area (Å²) in [6, 6.07) is 6.49. The summed E-state index contributed by atoms with van der Waals surface area (Å²) in [4.78, 5) is 16.4. The molecule has 1 atom stereocenters. The molecule has 0 bridgehead atoms. The lowest BCUT2D eigenvalue weighted by Crippen LogP contribution is -2.47. The lowest BCUT2D eigenvalue weighted by molar-refractivity contribution is -0.122. The van der Waals surface area contributed by atoms with Gasteiger partial charge < -0.3 is 5.32 Å². The number of rotatable bonds is 4. The van der Waals surface area contributed by atoms with Gasteiger partial charge in [0.1, 0.15) is 5.84 Å². The number of amides is 1. The molecule has 2 heterocycles. The van der Waals surface area contributed by atoms with Crippen LogP contribution in [0, 0.1) is 0 Å². The van der Waals surface area contributed by atoms with Crippen molar-refractivity contribution in [1.82, 2.24) is 10.0 Å². The number of fused-ring (bicyclic) bond motifs is 1. The number of hydrogen-bond donors (Lipinski definition) is 2. The Morgan fingerprint density at radius 2 is 2.00 bits per heavy atom. The van der Waals surface area contributed by atoms with Gasteiger partial charge in [-0.05, 0) is 25.5 Å². The van der Waals surface area contributed by atoms with Crippen LogP contribution in [0.15, 0.2) is 34.2 Å². The fraction of sp³-hybridized carbons (Fsp3) is 0.467. The van der Waals surface area contributed by atoms with Crippen LogP contribution in [-0.4, -0.2) is 52.2 Å². The molecule has 0 aromatic heterocycles. The molecule has 1 amide bonds. The van der Waals surface area contributed by atoms with Crippen LogP contribution in [0.5, 0.6) is 0 Å². The first-order chi connectivity index (χ1) is 11.6. The first-order valence-corrected chi connectivity index (χ1v) is 11.1. The molecule has 1 fully saturated rings. The monoisotopic (exact) mass is 385 g/mol. The summed E-state index contributed by atoms with van der Waals surface area (Å²) >= 11 is 0. The van der Waals surface area contributed by atoms with Gasteiger partial charge in [0.05, 0.1) is 28.5 Å². The molecule has 1 aromatic carbocycles. The Hall–Kier alpha value is -1.94. The van der Waals surface area contributed by atoms with Crippen LogP contribution < -0.4 is 10.0 Å². The molecule has 2 aliphatic rings. The Morgan fingerprint density at radius 3 is 2.68 bits per heavy atom. The second-order valence-electron chi connectivity index (χ2n) is 6.53. The van der Waals surface area contributed by atoms with E-state index >= 15 is 0 Å². The van der Waals surface area contributed by atoms with E-state index in [0.717, 1.165) is 0 Å². The fourth-order valence-electron chi connectivity index (χ4n) is 3.03. The van der Waals surface area contributed by atoms with E-state index in [9.17, 15) is 21.6 Å². The molecule has 1 saturated heterocycles. The molecule has 2 N–H and O–H groups in total. The van der Waals surface area contributed by atoms with Gasteiger partial charge in [0.25, 0.3) is 10.0 Å². The number of hydrogen-bond acceptors (Lipinski definition) is 6. The standard InChI is InChI=1S/C15H19N3O5S2/c1-15(7-9-24(20,21)10-15)17-13(19)6-8-16-14-11-4-2-3-5-12(11)25(22,23)18-14/h2-5H,6-10H2,1H3,(H,16,18)(H,17,19)/t15-/m0/s1. The molecule has 0 spiro atoms. The van der Waals surface area contributed by atoms with Gasteiger partial charge in [-0.2, -0.15) is 0 Å². The minimum Gasteiger partial charge on any atom is -0.350 e. The van der Waals surface area contributed by atoms with Gasteiger partial charge in [-0.1, -0.05) is 12.1 Å². The Morgan fingerprint density at radius 1 is 1.28 bits per heavy atom. The smallest absolute Gasteiger partial charge is 0.263 e. The molecular weight excluding hydrogens is 366 g/mol. The van der Waals surface area contributed by atoms with E-state index in [4.69, 9.17) is 0 Å². The fourth-order valence-corrected chi connectivity index (χ4v) is 6.37. The van der Waals surface area contributed by atoms with E-state index in [1.165, 1.54) is 6.07 Å². The highest BCUT2D eigenvalue weighted by Gasteiger charge is 2.39. The van der Waals surface area contributed by atoms with Gasteiger partial charge >= 0.3 is 0 Å². The first kappa shape index (κ1) is 17.9. The van der Waals surface area contributed by atoms with Crippen molar-refractivity contribution in [2.24, 2.45) is 4.99 Å². The van der Waals surface area contributed by atoms with E-state index in [1.807, 2.05) is 0 Å². The van der Waals surface area contributed by atoms with Crippen molar-refractivity contribution in [2.45, 2.75) is 30.2 Å². The predicted octanol–water partition coefficient (Wildman–Crippen LogP) is -0.191. The third-order valence-corrected chi connectivity index (χ3v) is 7.52. The lowest BCUT2D eigenvalue weighted by atomic mass is 10.0. The van der Waals surface area contributed by atoms with E-state index in [1.54, 1.807) is 25.1 Å². The largest absolute Gasteiger partial charge is 0.350 e. The van der Waals surface area contributed by atoms with Crippen LogP contribution in [0.2, 0.25) is 0 Å². The molecule has 3 rings (SSSR count). The normalized spacial score (nSPS) is 27.6. The number of nitrogens with one attached hydrogen (secondary N) is 2. The maximum absolute atomic E-state index is 12.0. The summed E-state index contributed by atoms with van der Waals surface area (Å²) < 4.78 is 49.4. The van der Waals surface area contributed by atoms with Crippen LogP contribution in [-0.2, 0) is 24.7 Å². The van der Waals surface area contributed by atoms with Crippen LogP contribution in [0.4, 0.5) is 0 Å². The second kappa shape index (κ2) is 6.10. The summed E-state index contributed by atoms with van der Waals surface area (Å²) in [6.45, 7) is 1.81. The van der Waals surface area contributed by atoms with E-state index in [2.05, 4.69) is 15.0 Å². The van der Waals surface area contributed by atoms with Gasteiger partial charge in [-0.3, -0.25) is 14.5 Å². The van der Waals surface area contributed by atoms with Crippen LogP contribution in [0.3, 0.4) is 0 Å². The average Bonchev–Trinajstić information content (AvgIpc) is 2.93. The SMILES string of the molecule is C[C@]1(NC(=O)CCN=C2NS(=O)(=O)c3ccccc32)CCS(=O)(=O)C1. The van der Waals surface area contributed by atoms with Crippen molar-refractivity contribution >= 4 is 31.6 Å². The molecule has 10 heteroatoms. The van der Waals surface area contributed by atoms with Crippen molar-refractivity contribution in [1.29, 1.82) is 0 Å². The van der Waals surface area contributed by atoms with Gasteiger partial charge in [0.15, 0.2) is 9.84 Å². The summed E-state index contributed by atoms with van der Waals surface area (Å²) in [7, 11) is -6.69. The summed E-state index contributed by atoms with van der Waals surface area (Å²) in [5.74, 6) is -0.0749. The van der Waals surface area contributed by atoms with Crippen LogP contribution in [0.1, 0.15) is 25.3 Å². The van der Waals surface area contributed by atoms with E-state index in [0.29, 0.717) is 12.0 Å². The first-order valence-electron chi connectivity index (χ1n) is 7.78. The van der Waals surface area contributed by atoms with E-state index < -0.39 is 25.4 Å². The molecule has 0 aliphatic carbocycles. The number of carbonyl (C=O) groups excluding carboxylic acids is 1. The van der Waals surface area contributed by atoms with E-state index in [-0.39, 0.29) is 41.1 Å². The number of aliphatic imine (C=N–C) groups is 1. The molecule has 136 valence electrons. The number of sulfonamides is 1. The highest BCUT2D eigenvalue weighted by Crippen LogP contribution is 2.23. The van der Waals surface area contributed by atoms with Gasteiger partial charge in [0.2, 0.25) is 5.91 Å². The van der Waals surface area contributed by atoms with Crippen LogP contribution in [0.25, 0.3) is 0 Å². The summed E-state index contributed by atoms with van der Waals surface area (Å²) in [5.41, 5.74) is -0.262. The third kappa shape index (κ3) is 3.84. The molecular formula is C15H19N3O5S2. The highest BCUT2D eigenvalue weighted by atomic mass is 32.2. The molecule has 0 radical (unpaired) electrons. The highest BCUT2D eigenvalue weighted by molar-refractivity contribution is 7.91. The van der Waals surface area contributed by atoms with Crippen molar-refractivity contribution in [2.75, 3.05) is 18.1 Å². The number of nitrogens with zero attached hydrogens (tertiary/aromatic N) is 1. The van der Waals surface area contributed by atoms with Gasteiger partial charge in [-0.25, -0.2) is 16.8 Å². The summed E-state index contributed by atoms with van der Waals surface area (Å²) in [5, 5.41) is 2.75. The molecule has 1 aromatic rings. The van der Waals surface area contributed by atoms with Crippen molar-refractivity contribution in [3.63, 3.8) is 0 Å². The zero-order valence-corrected chi connectivity index (χ0v) is 15.3. The van der Waals surface area contributed by atoms with Gasteiger partial charge in [-0.15, -0.1) is 0 Å². The number of carbonyl (C=O) groups is 1. The maximum Gasteiger partial charge on any atom is 0.263 e. The number of benzene rings is 1. The maximum atomic E-state index is 12.0. The van der Waals surface area contributed by atoms with Crippen molar-refractivity contribution in [3.8, 4) is 0 Å². The Bertz CT molecular complexity index is 953. The molecule has 2 aliphatic heterocycles. The molecule has 0 unspecified atom stereocenters. The minimum absolute atomic E-state index is 0.0447. The number of amidine groups is 1. The summed E-state index contributed by atoms with van der Waals surface area (Å²) in [6.07, 6.45) is 0.436. The zero-order valence-electron chi connectivity index (χ0n) is 13.6. The second-order valence-corrected chi connectivity index (χ2v) is 10.4. The zero-order chi connectivity index (χ0) is 18.3. The number of sulfone groups is 1.